The van der Waals surface area contributed by atoms with Crippen LogP contribution in [0.1, 0.15) is 55.0 Å². The molecule has 0 radical (unpaired) electrons. The fraction of sp³-hybridized carbons (Fsp3) is 0.529. The zero-order valence-electron chi connectivity index (χ0n) is 14.5. The maximum atomic E-state index is 13.0. The molecule has 1 aliphatic heterocycles. The van der Waals surface area contributed by atoms with Gasteiger partial charge in [0.05, 0.1) is 6.04 Å². The van der Waals surface area contributed by atoms with Crippen molar-refractivity contribution in [2.45, 2.75) is 38.8 Å². The lowest BCUT2D eigenvalue weighted by atomic mass is 9.74. The minimum atomic E-state index is -0.581. The molecule has 1 unspecified atom stereocenters. The van der Waals surface area contributed by atoms with Crippen molar-refractivity contribution < 1.29 is 4.79 Å². The summed E-state index contributed by atoms with van der Waals surface area (Å²) in [4.78, 5) is 45.4. The predicted octanol–water partition coefficient (Wildman–Crippen LogP) is 0.828. The van der Waals surface area contributed by atoms with Crippen molar-refractivity contribution in [3.63, 3.8) is 0 Å². The lowest BCUT2D eigenvalue weighted by Crippen LogP contribution is -2.59. The SMILES string of the molecule is Cn1c(=O)[nH]cc(C(=O)N2CC(C)(C)C2c2nccn2C2CC2)c1=O. The average molecular weight is 343 g/mol. The summed E-state index contributed by atoms with van der Waals surface area (Å²) in [5, 5.41) is 0. The normalized spacial score (nSPS) is 21.9. The van der Waals surface area contributed by atoms with Crippen molar-refractivity contribution in [3.8, 4) is 0 Å². The number of hydrogen-bond acceptors (Lipinski definition) is 4. The zero-order valence-corrected chi connectivity index (χ0v) is 14.5. The first kappa shape index (κ1) is 15.9. The van der Waals surface area contributed by atoms with Gasteiger partial charge in [0.25, 0.3) is 11.5 Å². The van der Waals surface area contributed by atoms with E-state index in [0.717, 1.165) is 23.2 Å². The third-order valence-corrected chi connectivity index (χ3v) is 5.18. The first-order valence-electron chi connectivity index (χ1n) is 8.43. The Hall–Kier alpha value is -2.64. The second kappa shape index (κ2) is 5.18. The molecule has 8 heteroatoms. The van der Waals surface area contributed by atoms with Gasteiger partial charge < -0.3 is 14.5 Å². The molecule has 25 heavy (non-hydrogen) atoms. The van der Waals surface area contributed by atoms with E-state index in [1.54, 1.807) is 11.1 Å². The molecule has 2 aromatic heterocycles. The molecule has 3 heterocycles. The highest BCUT2D eigenvalue weighted by Gasteiger charge is 2.52. The fourth-order valence-corrected chi connectivity index (χ4v) is 3.68. The van der Waals surface area contributed by atoms with Crippen LogP contribution in [0.2, 0.25) is 0 Å². The summed E-state index contributed by atoms with van der Waals surface area (Å²) >= 11 is 0. The summed E-state index contributed by atoms with van der Waals surface area (Å²) < 4.78 is 3.06. The smallest absolute Gasteiger partial charge is 0.328 e. The van der Waals surface area contributed by atoms with E-state index in [2.05, 4.69) is 28.4 Å². The first-order valence-corrected chi connectivity index (χ1v) is 8.43. The molecule has 1 saturated carbocycles. The maximum absolute atomic E-state index is 13.0. The Morgan fingerprint density at radius 1 is 1.32 bits per heavy atom. The van der Waals surface area contributed by atoms with Gasteiger partial charge in [-0.15, -0.1) is 0 Å². The van der Waals surface area contributed by atoms with Crippen LogP contribution in [0.5, 0.6) is 0 Å². The summed E-state index contributed by atoms with van der Waals surface area (Å²) in [6.07, 6.45) is 7.20. The molecular formula is C17H21N5O3. The maximum Gasteiger partial charge on any atom is 0.328 e. The highest BCUT2D eigenvalue weighted by molar-refractivity contribution is 5.94. The van der Waals surface area contributed by atoms with E-state index in [1.807, 2.05) is 6.20 Å². The van der Waals surface area contributed by atoms with Gasteiger partial charge in [0.2, 0.25) is 0 Å². The van der Waals surface area contributed by atoms with Gasteiger partial charge >= 0.3 is 5.69 Å². The van der Waals surface area contributed by atoms with Crippen molar-refractivity contribution in [1.82, 2.24) is 24.0 Å². The minimum Gasteiger partial charge on any atom is -0.330 e. The molecule has 1 N–H and O–H groups in total. The Morgan fingerprint density at radius 2 is 2.04 bits per heavy atom. The van der Waals surface area contributed by atoms with Crippen LogP contribution in [0, 0.1) is 5.41 Å². The van der Waals surface area contributed by atoms with Crippen molar-refractivity contribution in [3.05, 3.63) is 50.8 Å². The van der Waals surface area contributed by atoms with E-state index in [1.165, 1.54) is 13.2 Å². The lowest BCUT2D eigenvalue weighted by Gasteiger charge is -2.53. The molecule has 1 amide bonds. The number of aromatic nitrogens is 4. The Labute approximate surface area is 144 Å². The van der Waals surface area contributed by atoms with Crippen LogP contribution in [0.3, 0.4) is 0 Å². The number of imidazole rings is 1. The van der Waals surface area contributed by atoms with Crippen molar-refractivity contribution in [2.75, 3.05) is 6.54 Å². The summed E-state index contributed by atoms with van der Waals surface area (Å²) in [5.41, 5.74) is -1.26. The molecule has 2 aromatic rings. The van der Waals surface area contributed by atoms with E-state index in [4.69, 9.17) is 0 Å². The summed E-state index contributed by atoms with van der Waals surface area (Å²) in [5.74, 6) is 0.500. The Kier molecular flexibility index (Phi) is 3.28. The highest BCUT2D eigenvalue weighted by atomic mass is 16.2. The number of rotatable bonds is 3. The third kappa shape index (κ3) is 2.35. The number of carbonyl (C=O) groups excluding carboxylic acids is 1. The Morgan fingerprint density at radius 3 is 2.68 bits per heavy atom. The Balaban J connectivity index is 1.72. The van der Waals surface area contributed by atoms with Gasteiger partial charge in [0, 0.05) is 43.6 Å². The van der Waals surface area contributed by atoms with Gasteiger partial charge in [0.15, 0.2) is 0 Å². The molecule has 4 rings (SSSR count). The standard InChI is InChI=1S/C17H21N5O3/c1-17(2)9-22(12(17)13-18-6-7-21(13)10-4-5-10)15(24)11-8-19-16(25)20(3)14(11)23/h6-8,10,12H,4-5,9H2,1-3H3,(H,19,25). The number of carbonyl (C=O) groups is 1. The summed E-state index contributed by atoms with van der Waals surface area (Å²) in [6, 6.07) is 0.277. The van der Waals surface area contributed by atoms with E-state index < -0.39 is 11.2 Å². The topological polar surface area (TPSA) is 93.0 Å². The van der Waals surface area contributed by atoms with E-state index in [9.17, 15) is 14.4 Å². The molecule has 2 aliphatic rings. The lowest BCUT2D eigenvalue weighted by molar-refractivity contribution is -0.0381. The molecule has 1 saturated heterocycles. The number of H-pyrrole nitrogens is 1. The first-order chi connectivity index (χ1) is 11.8. The molecular weight excluding hydrogens is 322 g/mol. The van der Waals surface area contributed by atoms with Crippen LogP contribution in [0.4, 0.5) is 0 Å². The molecule has 0 aromatic carbocycles. The highest BCUT2D eigenvalue weighted by Crippen LogP contribution is 2.50. The van der Waals surface area contributed by atoms with Crippen LogP contribution in [-0.4, -0.2) is 36.5 Å². The number of likely N-dealkylation sites (tertiary alicyclic amines) is 1. The second-order valence-corrected chi connectivity index (χ2v) is 7.62. The number of hydrogen-bond donors (Lipinski definition) is 1. The molecule has 0 bridgehead atoms. The number of nitrogens with one attached hydrogen (secondary N) is 1. The van der Waals surface area contributed by atoms with Crippen molar-refractivity contribution in [2.24, 2.45) is 12.5 Å². The van der Waals surface area contributed by atoms with Gasteiger partial charge in [-0.05, 0) is 12.8 Å². The molecule has 1 aliphatic carbocycles. The third-order valence-electron chi connectivity index (χ3n) is 5.18. The van der Waals surface area contributed by atoms with Crippen LogP contribution in [-0.2, 0) is 7.05 Å². The van der Waals surface area contributed by atoms with Gasteiger partial charge in [-0.1, -0.05) is 13.8 Å². The van der Waals surface area contributed by atoms with Crippen LogP contribution >= 0.6 is 0 Å². The minimum absolute atomic E-state index is 0.0212. The average Bonchev–Trinajstić information content (AvgIpc) is 3.30. The van der Waals surface area contributed by atoms with Gasteiger partial charge in [-0.3, -0.25) is 14.2 Å². The van der Waals surface area contributed by atoms with Crippen LogP contribution in [0.15, 0.2) is 28.2 Å². The summed E-state index contributed by atoms with van der Waals surface area (Å²) in [7, 11) is 1.36. The van der Waals surface area contributed by atoms with Gasteiger partial charge in [-0.2, -0.15) is 0 Å². The Bertz CT molecular complexity index is 963. The van der Waals surface area contributed by atoms with Gasteiger partial charge in [0.1, 0.15) is 11.4 Å². The number of amides is 1. The number of nitrogens with zero attached hydrogens (tertiary/aromatic N) is 4. The van der Waals surface area contributed by atoms with Crippen molar-refractivity contribution in [1.29, 1.82) is 0 Å². The van der Waals surface area contributed by atoms with Crippen molar-refractivity contribution >= 4 is 5.91 Å². The van der Waals surface area contributed by atoms with E-state index in [0.29, 0.717) is 12.6 Å². The molecule has 0 spiro atoms. The largest absolute Gasteiger partial charge is 0.330 e. The van der Waals surface area contributed by atoms with Crippen LogP contribution < -0.4 is 11.2 Å². The zero-order chi connectivity index (χ0) is 17.9. The van der Waals surface area contributed by atoms with Gasteiger partial charge in [-0.25, -0.2) is 9.78 Å². The number of aromatic amines is 1. The predicted molar refractivity (Wildman–Crippen MR) is 90.4 cm³/mol. The monoisotopic (exact) mass is 343 g/mol. The molecule has 8 nitrogen and oxygen atoms in total. The van der Waals surface area contributed by atoms with E-state index in [-0.39, 0.29) is 22.9 Å². The van der Waals surface area contributed by atoms with E-state index >= 15 is 0 Å². The summed E-state index contributed by atoms with van der Waals surface area (Å²) in [6.45, 7) is 4.73. The quantitative estimate of drug-likeness (QED) is 0.893. The molecule has 1 atom stereocenters. The molecule has 2 fully saturated rings. The van der Waals surface area contributed by atoms with Crippen LogP contribution in [0.25, 0.3) is 0 Å². The second-order valence-electron chi connectivity index (χ2n) is 7.62. The fourth-order valence-electron chi connectivity index (χ4n) is 3.68. The molecule has 132 valence electrons.